The fraction of sp³-hybridized carbons (Fsp3) is 0.407. The summed E-state index contributed by atoms with van der Waals surface area (Å²) in [6.07, 6.45) is 0.838. The summed E-state index contributed by atoms with van der Waals surface area (Å²) in [7, 11) is -0.927. The number of carbonyl (C=O) groups excluding carboxylic acids is 2. The predicted molar refractivity (Wildman–Crippen MR) is 139 cm³/mol. The number of aliphatic hydroxyl groups excluding tert-OH is 1. The van der Waals surface area contributed by atoms with Crippen LogP contribution in [0.4, 0.5) is 0 Å². The van der Waals surface area contributed by atoms with E-state index in [1.807, 2.05) is 31.2 Å². The molecule has 198 valence electrons. The average molecular weight is 528 g/mol. The number of ether oxygens (including phenoxy) is 1. The number of sulfonamides is 1. The molecule has 2 saturated heterocycles. The van der Waals surface area contributed by atoms with Gasteiger partial charge in [-0.1, -0.05) is 43.3 Å². The van der Waals surface area contributed by atoms with Gasteiger partial charge < -0.3 is 14.7 Å². The smallest absolute Gasteiger partial charge is 0.295 e. The fourth-order valence-electron chi connectivity index (χ4n) is 4.64. The van der Waals surface area contributed by atoms with Gasteiger partial charge in [-0.05, 0) is 29.7 Å². The van der Waals surface area contributed by atoms with E-state index in [9.17, 15) is 23.1 Å². The number of hydrogen-bond acceptors (Lipinski definition) is 7. The highest BCUT2D eigenvalue weighted by atomic mass is 32.2. The number of benzene rings is 2. The number of rotatable bonds is 8. The fourth-order valence-corrected chi connectivity index (χ4v) is 5.58. The molecule has 0 aliphatic carbocycles. The number of morpholine rings is 1. The second-order valence-corrected chi connectivity index (χ2v) is 11.5. The third-order valence-corrected chi connectivity index (χ3v) is 8.70. The molecule has 2 aliphatic rings. The van der Waals surface area contributed by atoms with Crippen LogP contribution >= 0.6 is 0 Å². The SMILES string of the molecule is CCc1ccc([C@H]2C(=C(O)c3cccc(S(=O)(=O)N(C)C)c3)C(=O)C(=O)N2CCN2CCOCC2)cc1. The van der Waals surface area contributed by atoms with Crippen molar-refractivity contribution in [1.82, 2.24) is 14.1 Å². The standard InChI is InChI=1S/C27H33N3O6S/c1-4-19-8-10-20(11-9-19)24-23(25(31)21-6-5-7-22(18-21)37(34,35)28(2)3)26(32)27(33)30(24)13-12-29-14-16-36-17-15-29/h5-11,18,24,31H,4,12-17H2,1-3H3/t24-/m0/s1. The third kappa shape index (κ3) is 5.47. The van der Waals surface area contributed by atoms with Crippen molar-refractivity contribution in [2.24, 2.45) is 0 Å². The van der Waals surface area contributed by atoms with Crippen LogP contribution in [0.2, 0.25) is 0 Å². The van der Waals surface area contributed by atoms with Crippen molar-refractivity contribution >= 4 is 27.5 Å². The Labute approximate surface area is 218 Å². The van der Waals surface area contributed by atoms with Gasteiger partial charge in [-0.25, -0.2) is 12.7 Å². The highest BCUT2D eigenvalue weighted by Crippen LogP contribution is 2.39. The second-order valence-electron chi connectivity index (χ2n) is 9.36. The maximum atomic E-state index is 13.3. The Morgan fingerprint density at radius 3 is 2.35 bits per heavy atom. The van der Waals surface area contributed by atoms with Crippen molar-refractivity contribution in [3.63, 3.8) is 0 Å². The Morgan fingerprint density at radius 2 is 1.73 bits per heavy atom. The second kappa shape index (κ2) is 11.1. The van der Waals surface area contributed by atoms with Gasteiger partial charge in [-0.3, -0.25) is 14.5 Å². The van der Waals surface area contributed by atoms with Crippen molar-refractivity contribution < 1.29 is 27.9 Å². The van der Waals surface area contributed by atoms with Crippen LogP contribution in [0.5, 0.6) is 0 Å². The van der Waals surface area contributed by atoms with Gasteiger partial charge in [0.2, 0.25) is 10.0 Å². The molecule has 4 rings (SSSR count). The number of Topliss-reactive ketones (excluding diaryl/α,β-unsaturated/α-hetero) is 1. The minimum atomic E-state index is -3.76. The van der Waals surface area contributed by atoms with Crippen LogP contribution in [0.1, 0.15) is 29.7 Å². The third-order valence-electron chi connectivity index (χ3n) is 6.89. The summed E-state index contributed by atoms with van der Waals surface area (Å²) in [6, 6.07) is 12.6. The summed E-state index contributed by atoms with van der Waals surface area (Å²) in [6.45, 7) is 5.63. The largest absolute Gasteiger partial charge is 0.507 e. The number of aryl methyl sites for hydroxylation is 1. The van der Waals surface area contributed by atoms with Gasteiger partial charge in [0.25, 0.3) is 11.7 Å². The molecule has 2 aliphatic heterocycles. The highest BCUT2D eigenvalue weighted by molar-refractivity contribution is 7.89. The first-order valence-electron chi connectivity index (χ1n) is 12.4. The zero-order valence-corrected chi connectivity index (χ0v) is 22.2. The molecule has 37 heavy (non-hydrogen) atoms. The Bertz CT molecular complexity index is 1300. The van der Waals surface area contributed by atoms with E-state index in [0.29, 0.717) is 31.9 Å². The molecule has 0 bridgehead atoms. The highest BCUT2D eigenvalue weighted by Gasteiger charge is 2.46. The van der Waals surface area contributed by atoms with Gasteiger partial charge in [-0.15, -0.1) is 0 Å². The quantitative estimate of drug-likeness (QED) is 0.319. The summed E-state index contributed by atoms with van der Waals surface area (Å²) >= 11 is 0. The number of likely N-dealkylation sites (tertiary alicyclic amines) is 1. The molecule has 9 nitrogen and oxygen atoms in total. The first-order chi connectivity index (χ1) is 17.6. The summed E-state index contributed by atoms with van der Waals surface area (Å²) in [4.78, 5) is 30.2. The van der Waals surface area contributed by atoms with Crippen LogP contribution in [-0.4, -0.2) is 92.8 Å². The van der Waals surface area contributed by atoms with Gasteiger partial charge in [0.1, 0.15) is 5.76 Å². The van der Waals surface area contributed by atoms with E-state index < -0.39 is 33.5 Å². The van der Waals surface area contributed by atoms with E-state index in [1.54, 1.807) is 0 Å². The summed E-state index contributed by atoms with van der Waals surface area (Å²) in [5, 5.41) is 11.3. The maximum absolute atomic E-state index is 13.3. The van der Waals surface area contributed by atoms with E-state index in [0.717, 1.165) is 29.4 Å². The molecule has 1 amide bonds. The number of aliphatic hydroxyl groups is 1. The number of nitrogens with zero attached hydrogens (tertiary/aromatic N) is 3. The van der Waals surface area contributed by atoms with Crippen LogP contribution in [0.3, 0.4) is 0 Å². The van der Waals surface area contributed by atoms with Gasteiger partial charge in [0.15, 0.2) is 0 Å². The predicted octanol–water partition coefficient (Wildman–Crippen LogP) is 2.25. The van der Waals surface area contributed by atoms with Crippen molar-refractivity contribution in [2.75, 3.05) is 53.5 Å². The van der Waals surface area contributed by atoms with E-state index in [2.05, 4.69) is 4.90 Å². The first kappa shape index (κ1) is 27.0. The van der Waals surface area contributed by atoms with Crippen molar-refractivity contribution in [3.8, 4) is 0 Å². The lowest BCUT2D eigenvalue weighted by molar-refractivity contribution is -0.140. The number of carbonyl (C=O) groups is 2. The molecular formula is C27H33N3O6S. The number of amides is 1. The molecule has 0 spiro atoms. The molecule has 0 aromatic heterocycles. The number of hydrogen-bond donors (Lipinski definition) is 1. The molecule has 0 unspecified atom stereocenters. The van der Waals surface area contributed by atoms with E-state index in [-0.39, 0.29) is 16.0 Å². The normalized spacial score (nSPS) is 20.6. The molecule has 10 heteroatoms. The Balaban J connectivity index is 1.78. The van der Waals surface area contributed by atoms with E-state index >= 15 is 0 Å². The lowest BCUT2D eigenvalue weighted by Gasteiger charge is -2.31. The van der Waals surface area contributed by atoms with Gasteiger partial charge >= 0.3 is 0 Å². The molecule has 0 saturated carbocycles. The van der Waals surface area contributed by atoms with Crippen LogP contribution in [0, 0.1) is 0 Å². The summed E-state index contributed by atoms with van der Waals surface area (Å²) in [5.41, 5.74) is 1.92. The number of ketones is 1. The lowest BCUT2D eigenvalue weighted by atomic mass is 9.94. The van der Waals surface area contributed by atoms with Gasteiger partial charge in [0, 0.05) is 45.8 Å². The Hall–Kier alpha value is -3.05. The van der Waals surface area contributed by atoms with E-state index in [4.69, 9.17) is 4.74 Å². The molecule has 2 aromatic carbocycles. The van der Waals surface area contributed by atoms with Crippen molar-refractivity contribution in [3.05, 3.63) is 70.8 Å². The molecule has 1 atom stereocenters. The molecule has 2 aromatic rings. The monoisotopic (exact) mass is 527 g/mol. The minimum Gasteiger partial charge on any atom is -0.507 e. The van der Waals surface area contributed by atoms with Crippen LogP contribution in [0.15, 0.2) is 59.0 Å². The summed E-state index contributed by atoms with van der Waals surface area (Å²) in [5.74, 6) is -1.87. The van der Waals surface area contributed by atoms with Crippen LogP contribution in [0.25, 0.3) is 5.76 Å². The zero-order chi connectivity index (χ0) is 26.7. The Morgan fingerprint density at radius 1 is 1.05 bits per heavy atom. The molecule has 2 heterocycles. The van der Waals surface area contributed by atoms with Crippen molar-refractivity contribution in [1.29, 1.82) is 0 Å². The first-order valence-corrected chi connectivity index (χ1v) is 13.8. The molecule has 2 fully saturated rings. The van der Waals surface area contributed by atoms with E-state index in [1.165, 1.54) is 43.3 Å². The molecular weight excluding hydrogens is 494 g/mol. The Kier molecular flexibility index (Phi) is 8.13. The average Bonchev–Trinajstić information content (AvgIpc) is 3.17. The van der Waals surface area contributed by atoms with Crippen LogP contribution in [-0.2, 0) is 30.8 Å². The maximum Gasteiger partial charge on any atom is 0.295 e. The molecule has 0 radical (unpaired) electrons. The van der Waals surface area contributed by atoms with Crippen LogP contribution < -0.4 is 0 Å². The van der Waals surface area contributed by atoms with Gasteiger partial charge in [0.05, 0.1) is 29.7 Å². The van der Waals surface area contributed by atoms with Gasteiger partial charge in [-0.2, -0.15) is 0 Å². The van der Waals surface area contributed by atoms with Crippen molar-refractivity contribution in [2.45, 2.75) is 24.3 Å². The zero-order valence-electron chi connectivity index (χ0n) is 21.4. The molecule has 1 N–H and O–H groups in total. The summed E-state index contributed by atoms with van der Waals surface area (Å²) < 4.78 is 31.8. The minimum absolute atomic E-state index is 0.0213. The topological polar surface area (TPSA) is 107 Å². The lowest BCUT2D eigenvalue weighted by Crippen LogP contribution is -2.42.